The molecular formula is C23H26N2O5S2. The molecule has 0 aliphatic carbocycles. The van der Waals surface area contributed by atoms with Crippen molar-refractivity contribution in [2.24, 2.45) is 0 Å². The number of methoxy groups -OCH3 is 1. The Morgan fingerprint density at radius 2 is 1.62 bits per heavy atom. The Morgan fingerprint density at radius 3 is 2.22 bits per heavy atom. The van der Waals surface area contributed by atoms with E-state index in [0.717, 1.165) is 17.5 Å². The molecule has 170 valence electrons. The molecule has 3 aromatic rings. The van der Waals surface area contributed by atoms with Gasteiger partial charge in [-0.25, -0.2) is 13.2 Å². The van der Waals surface area contributed by atoms with Gasteiger partial charge in [0.2, 0.25) is 10.0 Å². The summed E-state index contributed by atoms with van der Waals surface area (Å²) in [5.41, 5.74) is 0.588. The summed E-state index contributed by atoms with van der Waals surface area (Å²) in [7, 11) is -2.33. The molecule has 0 aliphatic heterocycles. The van der Waals surface area contributed by atoms with Crippen LogP contribution in [-0.4, -0.2) is 44.8 Å². The lowest BCUT2D eigenvalue weighted by atomic mass is 10.1. The van der Waals surface area contributed by atoms with Crippen molar-refractivity contribution >= 4 is 48.3 Å². The van der Waals surface area contributed by atoms with Crippen LogP contribution in [0.15, 0.2) is 53.4 Å². The quantitative estimate of drug-likeness (QED) is 0.452. The average molecular weight is 475 g/mol. The summed E-state index contributed by atoms with van der Waals surface area (Å²) in [5, 5.41) is 3.86. The molecule has 32 heavy (non-hydrogen) atoms. The van der Waals surface area contributed by atoms with Gasteiger partial charge in [-0.1, -0.05) is 32.0 Å². The molecule has 0 saturated carbocycles. The van der Waals surface area contributed by atoms with E-state index >= 15 is 0 Å². The minimum atomic E-state index is -3.62. The van der Waals surface area contributed by atoms with Crippen LogP contribution in [0, 0.1) is 0 Å². The minimum absolute atomic E-state index is 0.146. The number of anilines is 1. The molecule has 0 aliphatic rings. The topological polar surface area (TPSA) is 92.8 Å². The fraction of sp³-hybridized carbons (Fsp3) is 0.304. The third-order valence-corrected chi connectivity index (χ3v) is 7.91. The van der Waals surface area contributed by atoms with Gasteiger partial charge in [0.15, 0.2) is 0 Å². The van der Waals surface area contributed by atoms with Crippen molar-refractivity contribution < 1.29 is 22.7 Å². The molecule has 0 fully saturated rings. The lowest BCUT2D eigenvalue weighted by Crippen LogP contribution is -2.32. The Kier molecular flexibility index (Phi) is 7.65. The number of ether oxygens (including phenoxy) is 1. The van der Waals surface area contributed by atoms with Crippen molar-refractivity contribution in [1.82, 2.24) is 4.31 Å². The number of nitrogens with zero attached hydrogens (tertiary/aromatic N) is 1. The van der Waals surface area contributed by atoms with E-state index in [1.54, 1.807) is 6.07 Å². The van der Waals surface area contributed by atoms with Crippen LogP contribution in [-0.2, 0) is 14.8 Å². The first-order valence-electron chi connectivity index (χ1n) is 10.3. The molecule has 0 saturated heterocycles. The van der Waals surface area contributed by atoms with Gasteiger partial charge in [-0.3, -0.25) is 4.79 Å². The zero-order chi connectivity index (χ0) is 23.3. The predicted octanol–water partition coefficient (Wildman–Crippen LogP) is 4.75. The number of benzene rings is 2. The van der Waals surface area contributed by atoms with Gasteiger partial charge in [0.1, 0.15) is 10.6 Å². The molecule has 2 aromatic carbocycles. The molecule has 0 radical (unpaired) electrons. The van der Waals surface area contributed by atoms with Crippen molar-refractivity contribution in [3.63, 3.8) is 0 Å². The lowest BCUT2D eigenvalue weighted by Gasteiger charge is -2.21. The van der Waals surface area contributed by atoms with Crippen molar-refractivity contribution in [3.8, 4) is 0 Å². The largest absolute Gasteiger partial charge is 0.465 e. The van der Waals surface area contributed by atoms with Crippen LogP contribution in [0.5, 0.6) is 0 Å². The zero-order valence-corrected chi connectivity index (χ0v) is 19.9. The monoisotopic (exact) mass is 474 g/mol. The van der Waals surface area contributed by atoms with Crippen molar-refractivity contribution in [2.45, 2.75) is 31.6 Å². The van der Waals surface area contributed by atoms with Gasteiger partial charge in [-0.05, 0) is 43.2 Å². The summed E-state index contributed by atoms with van der Waals surface area (Å²) in [6.07, 6.45) is 1.44. The van der Waals surface area contributed by atoms with E-state index in [0.29, 0.717) is 29.0 Å². The molecule has 1 amide bonds. The number of hydrogen-bond acceptors (Lipinski definition) is 6. The second-order valence-corrected chi connectivity index (χ2v) is 10.2. The van der Waals surface area contributed by atoms with Gasteiger partial charge in [0.05, 0.1) is 12.0 Å². The normalized spacial score (nSPS) is 11.6. The molecule has 3 rings (SSSR count). The molecule has 7 nitrogen and oxygen atoms in total. The summed E-state index contributed by atoms with van der Waals surface area (Å²) in [4.78, 5) is 25.3. The summed E-state index contributed by atoms with van der Waals surface area (Å²) in [5.74, 6) is -0.976. The van der Waals surface area contributed by atoms with Crippen molar-refractivity contribution in [2.75, 3.05) is 25.5 Å². The number of rotatable bonds is 9. The summed E-state index contributed by atoms with van der Waals surface area (Å²) >= 11 is 1.28. The number of carbonyl (C=O) groups excluding carboxylic acids is 2. The van der Waals surface area contributed by atoms with E-state index in [9.17, 15) is 18.0 Å². The summed E-state index contributed by atoms with van der Waals surface area (Å²) in [6, 6.07) is 13.2. The van der Waals surface area contributed by atoms with E-state index in [2.05, 4.69) is 5.32 Å². The highest BCUT2D eigenvalue weighted by atomic mass is 32.2. The third kappa shape index (κ3) is 4.85. The van der Waals surface area contributed by atoms with Crippen molar-refractivity contribution in [3.05, 3.63) is 59.7 Å². The number of fused-ring (bicyclic) bond motifs is 1. The van der Waals surface area contributed by atoms with E-state index in [4.69, 9.17) is 4.74 Å². The zero-order valence-electron chi connectivity index (χ0n) is 18.3. The van der Waals surface area contributed by atoms with Crippen LogP contribution in [0.1, 0.15) is 47.4 Å². The maximum Gasteiger partial charge on any atom is 0.341 e. The summed E-state index contributed by atoms with van der Waals surface area (Å²) in [6.45, 7) is 4.76. The smallest absolute Gasteiger partial charge is 0.341 e. The van der Waals surface area contributed by atoms with E-state index in [1.165, 1.54) is 47.0 Å². The Bertz CT molecular complexity index is 1210. The highest BCUT2D eigenvalue weighted by Gasteiger charge is 2.24. The molecular weight excluding hydrogens is 448 g/mol. The summed E-state index contributed by atoms with van der Waals surface area (Å²) < 4.78 is 33.0. The maximum atomic E-state index is 12.9. The molecule has 1 aromatic heterocycles. The Labute approximate surface area is 192 Å². The van der Waals surface area contributed by atoms with Gasteiger partial charge in [-0.15, -0.1) is 11.3 Å². The van der Waals surface area contributed by atoms with Crippen LogP contribution in [0.4, 0.5) is 5.00 Å². The highest BCUT2D eigenvalue weighted by Crippen LogP contribution is 2.36. The van der Waals surface area contributed by atoms with Gasteiger partial charge in [0.25, 0.3) is 5.91 Å². The van der Waals surface area contributed by atoms with E-state index in [1.807, 2.05) is 32.0 Å². The minimum Gasteiger partial charge on any atom is -0.465 e. The van der Waals surface area contributed by atoms with E-state index < -0.39 is 21.9 Å². The van der Waals surface area contributed by atoms with Crippen molar-refractivity contribution in [1.29, 1.82) is 0 Å². The SMILES string of the molecule is CCCN(CCC)S(=O)(=O)c1ccc(C(=O)Nc2sc3ccccc3c2C(=O)OC)cc1. The standard InChI is InChI=1S/C23H26N2O5S2/c1-4-14-25(15-5-2)32(28,29)17-12-10-16(11-13-17)21(26)24-22-20(23(27)30-3)18-8-6-7-9-19(18)31-22/h6-13H,4-5,14-15H2,1-3H3,(H,24,26). The van der Waals surface area contributed by atoms with Crippen LogP contribution >= 0.6 is 11.3 Å². The lowest BCUT2D eigenvalue weighted by molar-refractivity contribution is 0.0604. The third-order valence-electron chi connectivity index (χ3n) is 4.91. The maximum absolute atomic E-state index is 12.9. The number of amides is 1. The number of thiophene rings is 1. The molecule has 9 heteroatoms. The highest BCUT2D eigenvalue weighted by molar-refractivity contribution is 7.89. The van der Waals surface area contributed by atoms with Crippen LogP contribution in [0.2, 0.25) is 0 Å². The first kappa shape index (κ1) is 23.9. The second-order valence-electron chi connectivity index (χ2n) is 7.18. The number of sulfonamides is 1. The van der Waals surface area contributed by atoms with Gasteiger partial charge in [0, 0.05) is 28.7 Å². The molecule has 1 N–H and O–H groups in total. The van der Waals surface area contributed by atoms with Crippen LogP contribution in [0.25, 0.3) is 10.1 Å². The van der Waals surface area contributed by atoms with Gasteiger partial charge >= 0.3 is 5.97 Å². The van der Waals surface area contributed by atoms with Gasteiger partial charge < -0.3 is 10.1 Å². The van der Waals surface area contributed by atoms with Crippen LogP contribution < -0.4 is 5.32 Å². The first-order valence-corrected chi connectivity index (χ1v) is 12.6. The average Bonchev–Trinajstić information content (AvgIpc) is 3.16. The predicted molar refractivity (Wildman–Crippen MR) is 127 cm³/mol. The fourth-order valence-electron chi connectivity index (χ4n) is 3.39. The molecule has 0 bridgehead atoms. The Hall–Kier alpha value is -2.75. The second kappa shape index (κ2) is 10.2. The van der Waals surface area contributed by atoms with Gasteiger partial charge in [-0.2, -0.15) is 4.31 Å². The molecule has 0 unspecified atom stereocenters. The molecule has 1 heterocycles. The Morgan fingerprint density at radius 1 is 1.00 bits per heavy atom. The van der Waals surface area contributed by atoms with E-state index in [-0.39, 0.29) is 10.5 Å². The number of carbonyl (C=O) groups is 2. The molecule has 0 spiro atoms. The Balaban J connectivity index is 1.87. The first-order chi connectivity index (χ1) is 15.3. The van der Waals surface area contributed by atoms with Crippen LogP contribution in [0.3, 0.4) is 0 Å². The number of hydrogen-bond donors (Lipinski definition) is 1. The number of esters is 1. The number of nitrogens with one attached hydrogen (secondary N) is 1. The fourth-order valence-corrected chi connectivity index (χ4v) is 6.10. The molecule has 0 atom stereocenters.